The molecule has 2 N–H and O–H groups in total. The molecule has 3 rings (SSSR count). The summed E-state index contributed by atoms with van der Waals surface area (Å²) in [6.45, 7) is 6.13. The van der Waals surface area contributed by atoms with Crippen molar-refractivity contribution in [2.75, 3.05) is 33.2 Å². The number of rotatable bonds is 6. The van der Waals surface area contributed by atoms with Gasteiger partial charge in [0.1, 0.15) is 0 Å². The molecule has 0 aromatic heterocycles. The first-order valence-electron chi connectivity index (χ1n) is 9.51. The highest BCUT2D eigenvalue weighted by Gasteiger charge is 2.38. The number of benzene rings is 1. The number of guanidine groups is 1. The predicted octanol–water partition coefficient (Wildman–Crippen LogP) is 3.38. The van der Waals surface area contributed by atoms with Gasteiger partial charge in [-0.15, -0.1) is 24.0 Å². The minimum absolute atomic E-state index is 0. The lowest BCUT2D eigenvalue weighted by atomic mass is 9.64. The summed E-state index contributed by atoms with van der Waals surface area (Å²) in [4.78, 5) is 7.40. The molecule has 1 heterocycles. The third-order valence-corrected chi connectivity index (χ3v) is 5.76. The Kier molecular flexibility index (Phi) is 8.00. The smallest absolute Gasteiger partial charge is 0.191 e. The molecule has 25 heavy (non-hydrogen) atoms. The van der Waals surface area contributed by atoms with Crippen LogP contribution in [0.25, 0.3) is 0 Å². The molecule has 2 aliphatic rings. The monoisotopic (exact) mass is 456 g/mol. The molecule has 1 atom stereocenters. The standard InChI is InChI=1S/C20H32N4.HI/c1-3-21-19(22-15-18-11-7-14-24(18)2)23-16-20(12-8-13-20)17-9-5-4-6-10-17;/h4-6,9-10,18H,3,7-8,11-16H2,1-2H3,(H2,21,22,23);1H. The van der Waals surface area contributed by atoms with E-state index in [-0.39, 0.29) is 29.4 Å². The van der Waals surface area contributed by atoms with Crippen LogP contribution in [0.3, 0.4) is 0 Å². The molecular weight excluding hydrogens is 423 g/mol. The summed E-state index contributed by atoms with van der Waals surface area (Å²) in [5, 5.41) is 6.98. The Labute approximate surface area is 169 Å². The second-order valence-corrected chi connectivity index (χ2v) is 7.35. The maximum Gasteiger partial charge on any atom is 0.191 e. The maximum absolute atomic E-state index is 4.95. The van der Waals surface area contributed by atoms with Crippen LogP contribution < -0.4 is 10.6 Å². The lowest BCUT2D eigenvalue weighted by Crippen LogP contribution is -2.45. The summed E-state index contributed by atoms with van der Waals surface area (Å²) in [6, 6.07) is 11.6. The van der Waals surface area contributed by atoms with Crippen molar-refractivity contribution in [1.82, 2.24) is 15.5 Å². The Morgan fingerprint density at radius 2 is 1.96 bits per heavy atom. The zero-order chi connectivity index (χ0) is 16.8. The van der Waals surface area contributed by atoms with Crippen molar-refractivity contribution in [2.24, 2.45) is 4.99 Å². The van der Waals surface area contributed by atoms with Crippen LogP contribution in [0.1, 0.15) is 44.6 Å². The number of aliphatic imine (C=N–C) groups is 1. The van der Waals surface area contributed by atoms with E-state index in [0.717, 1.165) is 25.6 Å². The van der Waals surface area contributed by atoms with E-state index < -0.39 is 0 Å². The third-order valence-electron chi connectivity index (χ3n) is 5.76. The van der Waals surface area contributed by atoms with Crippen LogP contribution in [-0.4, -0.2) is 50.1 Å². The molecule has 1 aliphatic heterocycles. The van der Waals surface area contributed by atoms with E-state index >= 15 is 0 Å². The highest BCUT2D eigenvalue weighted by atomic mass is 127. The van der Waals surface area contributed by atoms with Crippen molar-refractivity contribution in [3.63, 3.8) is 0 Å². The van der Waals surface area contributed by atoms with Crippen molar-refractivity contribution in [3.8, 4) is 0 Å². The highest BCUT2D eigenvalue weighted by molar-refractivity contribution is 14.0. The summed E-state index contributed by atoms with van der Waals surface area (Å²) in [5.74, 6) is 0.972. The number of hydrogen-bond acceptors (Lipinski definition) is 2. The van der Waals surface area contributed by atoms with E-state index in [0.29, 0.717) is 6.04 Å². The number of hydrogen-bond donors (Lipinski definition) is 2. The van der Waals surface area contributed by atoms with Gasteiger partial charge in [-0.25, -0.2) is 0 Å². The second kappa shape index (κ2) is 9.76. The molecule has 5 heteroatoms. The lowest BCUT2D eigenvalue weighted by Gasteiger charge is -2.41. The number of nitrogens with zero attached hydrogens (tertiary/aromatic N) is 2. The lowest BCUT2D eigenvalue weighted by molar-refractivity contribution is 0.253. The third kappa shape index (κ3) is 5.09. The summed E-state index contributed by atoms with van der Waals surface area (Å²) < 4.78 is 0. The van der Waals surface area contributed by atoms with Gasteiger partial charge < -0.3 is 15.5 Å². The minimum atomic E-state index is 0. The van der Waals surface area contributed by atoms with E-state index in [1.54, 1.807) is 0 Å². The molecule has 4 nitrogen and oxygen atoms in total. The number of likely N-dealkylation sites (tertiary alicyclic amines) is 1. The first kappa shape index (κ1) is 20.5. The molecule has 2 fully saturated rings. The summed E-state index contributed by atoms with van der Waals surface area (Å²) in [7, 11) is 2.22. The van der Waals surface area contributed by atoms with Crippen LogP contribution in [0, 0.1) is 0 Å². The quantitative estimate of drug-likeness (QED) is 0.392. The summed E-state index contributed by atoms with van der Waals surface area (Å²) >= 11 is 0. The van der Waals surface area contributed by atoms with Crippen molar-refractivity contribution in [2.45, 2.75) is 50.5 Å². The molecule has 0 bridgehead atoms. The zero-order valence-electron chi connectivity index (χ0n) is 15.6. The van der Waals surface area contributed by atoms with Gasteiger partial charge in [-0.2, -0.15) is 0 Å². The summed E-state index contributed by atoms with van der Waals surface area (Å²) in [6.07, 6.45) is 6.43. The molecular formula is C20H33IN4. The maximum atomic E-state index is 4.95. The average Bonchev–Trinajstić information content (AvgIpc) is 2.97. The van der Waals surface area contributed by atoms with Gasteiger partial charge in [0.15, 0.2) is 5.96 Å². The molecule has 1 aliphatic carbocycles. The van der Waals surface area contributed by atoms with E-state index in [1.807, 2.05) is 0 Å². The Bertz CT molecular complexity index is 542. The fraction of sp³-hybridized carbons (Fsp3) is 0.650. The van der Waals surface area contributed by atoms with E-state index in [9.17, 15) is 0 Å². The molecule has 0 spiro atoms. The fourth-order valence-electron chi connectivity index (χ4n) is 3.96. The average molecular weight is 456 g/mol. The molecule has 140 valence electrons. The molecule has 1 aromatic rings. The van der Waals surface area contributed by atoms with Gasteiger partial charge in [0.25, 0.3) is 0 Å². The molecule has 1 saturated heterocycles. The topological polar surface area (TPSA) is 39.7 Å². The van der Waals surface area contributed by atoms with Crippen molar-refractivity contribution in [1.29, 1.82) is 0 Å². The van der Waals surface area contributed by atoms with Gasteiger partial charge >= 0.3 is 0 Å². The number of nitrogens with one attached hydrogen (secondary N) is 2. The van der Waals surface area contributed by atoms with Crippen molar-refractivity contribution >= 4 is 29.9 Å². The van der Waals surface area contributed by atoms with Gasteiger partial charge in [0, 0.05) is 24.5 Å². The van der Waals surface area contributed by atoms with Gasteiger partial charge in [0.2, 0.25) is 0 Å². The number of halogens is 1. The highest BCUT2D eigenvalue weighted by Crippen LogP contribution is 2.43. The molecule has 0 amide bonds. The Balaban J connectivity index is 0.00000225. The summed E-state index contributed by atoms with van der Waals surface area (Å²) in [5.41, 5.74) is 1.71. The Hall–Kier alpha value is -0.820. The molecule has 1 unspecified atom stereocenters. The SMILES string of the molecule is CCNC(=NCC1(c2ccccc2)CCC1)NCC1CCCN1C.I. The van der Waals surface area contributed by atoms with Crippen LogP contribution >= 0.6 is 24.0 Å². The van der Waals surface area contributed by atoms with E-state index in [2.05, 4.69) is 59.8 Å². The first-order chi connectivity index (χ1) is 11.7. The molecule has 1 saturated carbocycles. The first-order valence-corrected chi connectivity index (χ1v) is 9.51. The van der Waals surface area contributed by atoms with Crippen LogP contribution in [0.2, 0.25) is 0 Å². The molecule has 0 radical (unpaired) electrons. The minimum Gasteiger partial charge on any atom is -0.357 e. The van der Waals surface area contributed by atoms with Gasteiger partial charge in [0.05, 0.1) is 6.54 Å². The van der Waals surface area contributed by atoms with E-state index in [4.69, 9.17) is 4.99 Å². The van der Waals surface area contributed by atoms with Crippen LogP contribution in [0.15, 0.2) is 35.3 Å². The largest absolute Gasteiger partial charge is 0.357 e. The molecule has 1 aromatic carbocycles. The van der Waals surface area contributed by atoms with Crippen LogP contribution in [0.5, 0.6) is 0 Å². The zero-order valence-corrected chi connectivity index (χ0v) is 18.0. The van der Waals surface area contributed by atoms with E-state index in [1.165, 1.54) is 44.2 Å². The number of likely N-dealkylation sites (N-methyl/N-ethyl adjacent to an activating group) is 1. The van der Waals surface area contributed by atoms with Gasteiger partial charge in [-0.3, -0.25) is 4.99 Å². The second-order valence-electron chi connectivity index (χ2n) is 7.35. The van der Waals surface area contributed by atoms with Crippen LogP contribution in [-0.2, 0) is 5.41 Å². The Morgan fingerprint density at radius 3 is 2.52 bits per heavy atom. The normalized spacial score (nSPS) is 22.8. The van der Waals surface area contributed by atoms with Gasteiger partial charge in [-0.05, 0) is 51.8 Å². The van der Waals surface area contributed by atoms with Crippen LogP contribution in [0.4, 0.5) is 0 Å². The van der Waals surface area contributed by atoms with Gasteiger partial charge in [-0.1, -0.05) is 36.8 Å². The van der Waals surface area contributed by atoms with Crippen molar-refractivity contribution in [3.05, 3.63) is 35.9 Å². The van der Waals surface area contributed by atoms with Crippen molar-refractivity contribution < 1.29 is 0 Å². The fourth-order valence-corrected chi connectivity index (χ4v) is 3.96. The predicted molar refractivity (Wildman–Crippen MR) is 117 cm³/mol. The Morgan fingerprint density at radius 1 is 1.20 bits per heavy atom.